The number of hydrogen-bond donors (Lipinski definition) is 1. The minimum Gasteiger partial charge on any atom is -0.497 e. The summed E-state index contributed by atoms with van der Waals surface area (Å²) in [5, 5.41) is 0. The lowest BCUT2D eigenvalue weighted by Gasteiger charge is -2.12. The van der Waals surface area contributed by atoms with Crippen LogP contribution in [0.2, 0.25) is 0 Å². The van der Waals surface area contributed by atoms with Crippen molar-refractivity contribution in [2.24, 2.45) is 5.73 Å². The SMILES string of the molecule is COc1cccc(CC(N)CCc2ccccn2)c1. The summed E-state index contributed by atoms with van der Waals surface area (Å²) >= 11 is 0. The molecular weight excluding hydrogens is 236 g/mol. The Morgan fingerprint density at radius 1 is 1.21 bits per heavy atom. The highest BCUT2D eigenvalue weighted by Crippen LogP contribution is 2.14. The number of nitrogens with two attached hydrogens (primary N) is 1. The van der Waals surface area contributed by atoms with Crippen molar-refractivity contribution < 1.29 is 4.74 Å². The number of methoxy groups -OCH3 is 1. The Balaban J connectivity index is 1.85. The predicted octanol–water partition coefficient (Wildman–Crippen LogP) is 2.59. The molecule has 0 fully saturated rings. The molecule has 2 aromatic rings. The Morgan fingerprint density at radius 2 is 2.11 bits per heavy atom. The van der Waals surface area contributed by atoms with Gasteiger partial charge in [0.05, 0.1) is 7.11 Å². The minimum atomic E-state index is 0.147. The van der Waals surface area contributed by atoms with Gasteiger partial charge in [0, 0.05) is 17.9 Å². The van der Waals surface area contributed by atoms with Gasteiger partial charge in [0.2, 0.25) is 0 Å². The van der Waals surface area contributed by atoms with Gasteiger partial charge in [0.25, 0.3) is 0 Å². The van der Waals surface area contributed by atoms with Gasteiger partial charge in [-0.05, 0) is 49.1 Å². The number of nitrogens with zero attached hydrogens (tertiary/aromatic N) is 1. The summed E-state index contributed by atoms with van der Waals surface area (Å²) < 4.78 is 5.21. The fraction of sp³-hybridized carbons (Fsp3) is 0.312. The topological polar surface area (TPSA) is 48.1 Å². The van der Waals surface area contributed by atoms with E-state index in [-0.39, 0.29) is 6.04 Å². The van der Waals surface area contributed by atoms with Crippen molar-refractivity contribution in [1.29, 1.82) is 0 Å². The minimum absolute atomic E-state index is 0.147. The molecule has 1 heterocycles. The normalized spacial score (nSPS) is 12.1. The predicted molar refractivity (Wildman–Crippen MR) is 77.2 cm³/mol. The number of benzene rings is 1. The van der Waals surface area contributed by atoms with Crippen molar-refractivity contribution >= 4 is 0 Å². The van der Waals surface area contributed by atoms with E-state index in [1.165, 1.54) is 5.56 Å². The zero-order valence-corrected chi connectivity index (χ0v) is 11.3. The molecule has 1 unspecified atom stereocenters. The molecule has 0 radical (unpaired) electrons. The second-order valence-electron chi connectivity index (χ2n) is 4.68. The van der Waals surface area contributed by atoms with E-state index < -0.39 is 0 Å². The second-order valence-corrected chi connectivity index (χ2v) is 4.68. The molecule has 0 aliphatic carbocycles. The number of pyridine rings is 1. The highest BCUT2D eigenvalue weighted by Gasteiger charge is 2.06. The van der Waals surface area contributed by atoms with E-state index in [0.29, 0.717) is 0 Å². The summed E-state index contributed by atoms with van der Waals surface area (Å²) in [6.07, 6.45) is 4.55. The van der Waals surface area contributed by atoms with E-state index in [0.717, 1.165) is 30.7 Å². The first-order chi connectivity index (χ1) is 9.28. The van der Waals surface area contributed by atoms with Crippen molar-refractivity contribution in [2.75, 3.05) is 7.11 Å². The van der Waals surface area contributed by atoms with E-state index in [1.807, 2.05) is 42.6 Å². The van der Waals surface area contributed by atoms with Crippen LogP contribution in [0.5, 0.6) is 5.75 Å². The zero-order chi connectivity index (χ0) is 13.5. The molecule has 0 bridgehead atoms. The van der Waals surface area contributed by atoms with Crippen molar-refractivity contribution in [3.05, 3.63) is 59.9 Å². The molecule has 0 aliphatic heterocycles. The molecule has 19 heavy (non-hydrogen) atoms. The van der Waals surface area contributed by atoms with Gasteiger partial charge in [-0.2, -0.15) is 0 Å². The van der Waals surface area contributed by atoms with Gasteiger partial charge in [0.1, 0.15) is 5.75 Å². The lowest BCUT2D eigenvalue weighted by molar-refractivity contribution is 0.414. The average molecular weight is 256 g/mol. The molecule has 0 saturated heterocycles. The summed E-state index contributed by atoms with van der Waals surface area (Å²) in [7, 11) is 1.68. The molecule has 1 atom stereocenters. The largest absolute Gasteiger partial charge is 0.497 e. The van der Waals surface area contributed by atoms with Gasteiger partial charge in [-0.15, -0.1) is 0 Å². The summed E-state index contributed by atoms with van der Waals surface area (Å²) in [6.45, 7) is 0. The lowest BCUT2D eigenvalue weighted by atomic mass is 10.0. The van der Waals surface area contributed by atoms with E-state index in [4.69, 9.17) is 10.5 Å². The first-order valence-electron chi connectivity index (χ1n) is 6.56. The van der Waals surface area contributed by atoms with Crippen LogP contribution in [0.1, 0.15) is 17.7 Å². The first kappa shape index (κ1) is 13.6. The number of rotatable bonds is 6. The maximum atomic E-state index is 6.18. The Hall–Kier alpha value is -1.87. The van der Waals surface area contributed by atoms with Crippen LogP contribution in [-0.2, 0) is 12.8 Å². The van der Waals surface area contributed by atoms with E-state index in [1.54, 1.807) is 7.11 Å². The molecule has 1 aromatic heterocycles. The summed E-state index contributed by atoms with van der Waals surface area (Å²) in [5.74, 6) is 0.884. The molecule has 100 valence electrons. The average Bonchev–Trinajstić information content (AvgIpc) is 2.46. The number of hydrogen-bond acceptors (Lipinski definition) is 3. The summed E-state index contributed by atoms with van der Waals surface area (Å²) in [6, 6.07) is 14.2. The van der Waals surface area contributed by atoms with Crippen LogP contribution in [0, 0.1) is 0 Å². The van der Waals surface area contributed by atoms with E-state index in [9.17, 15) is 0 Å². The number of ether oxygens (including phenoxy) is 1. The fourth-order valence-corrected chi connectivity index (χ4v) is 2.08. The Morgan fingerprint density at radius 3 is 2.84 bits per heavy atom. The van der Waals surface area contributed by atoms with E-state index in [2.05, 4.69) is 11.1 Å². The maximum absolute atomic E-state index is 6.18. The van der Waals surface area contributed by atoms with Crippen LogP contribution >= 0.6 is 0 Å². The highest BCUT2D eigenvalue weighted by molar-refractivity contribution is 5.28. The third kappa shape index (κ3) is 4.38. The molecule has 3 nitrogen and oxygen atoms in total. The Kier molecular flexibility index (Phi) is 4.93. The molecule has 2 rings (SSSR count). The second kappa shape index (κ2) is 6.90. The number of aryl methyl sites for hydroxylation is 1. The van der Waals surface area contributed by atoms with Crippen LogP contribution < -0.4 is 10.5 Å². The molecule has 0 spiro atoms. The molecule has 0 amide bonds. The molecular formula is C16H20N2O. The third-order valence-electron chi connectivity index (χ3n) is 3.13. The van der Waals surface area contributed by atoms with Gasteiger partial charge >= 0.3 is 0 Å². The van der Waals surface area contributed by atoms with Gasteiger partial charge in [0.15, 0.2) is 0 Å². The fourth-order valence-electron chi connectivity index (χ4n) is 2.08. The Bertz CT molecular complexity index is 499. The van der Waals surface area contributed by atoms with Crippen LogP contribution in [0.25, 0.3) is 0 Å². The van der Waals surface area contributed by atoms with Crippen molar-refractivity contribution in [2.45, 2.75) is 25.3 Å². The van der Waals surface area contributed by atoms with Gasteiger partial charge < -0.3 is 10.5 Å². The first-order valence-corrected chi connectivity index (χ1v) is 6.56. The van der Waals surface area contributed by atoms with Crippen LogP contribution in [0.4, 0.5) is 0 Å². The number of aromatic nitrogens is 1. The third-order valence-corrected chi connectivity index (χ3v) is 3.13. The highest BCUT2D eigenvalue weighted by atomic mass is 16.5. The van der Waals surface area contributed by atoms with Crippen molar-refractivity contribution in [1.82, 2.24) is 4.98 Å². The maximum Gasteiger partial charge on any atom is 0.119 e. The van der Waals surface area contributed by atoms with Crippen molar-refractivity contribution in [3.63, 3.8) is 0 Å². The summed E-state index contributed by atoms with van der Waals surface area (Å²) in [4.78, 5) is 4.31. The Labute approximate surface area is 114 Å². The molecule has 3 heteroatoms. The molecule has 1 aromatic carbocycles. The van der Waals surface area contributed by atoms with Crippen LogP contribution in [0.15, 0.2) is 48.7 Å². The summed E-state index contributed by atoms with van der Waals surface area (Å²) in [5.41, 5.74) is 8.49. The quantitative estimate of drug-likeness (QED) is 0.864. The smallest absolute Gasteiger partial charge is 0.119 e. The standard InChI is InChI=1S/C16H20N2O/c1-19-16-7-4-5-13(12-16)11-14(17)8-9-15-6-2-3-10-18-15/h2-7,10,12,14H,8-9,11,17H2,1H3. The lowest BCUT2D eigenvalue weighted by Crippen LogP contribution is -2.23. The van der Waals surface area contributed by atoms with Gasteiger partial charge in [-0.3, -0.25) is 4.98 Å². The van der Waals surface area contributed by atoms with Gasteiger partial charge in [-0.25, -0.2) is 0 Å². The van der Waals surface area contributed by atoms with Crippen molar-refractivity contribution in [3.8, 4) is 5.75 Å². The van der Waals surface area contributed by atoms with Gasteiger partial charge in [-0.1, -0.05) is 18.2 Å². The zero-order valence-electron chi connectivity index (χ0n) is 11.3. The van der Waals surface area contributed by atoms with E-state index >= 15 is 0 Å². The molecule has 0 saturated carbocycles. The van der Waals surface area contributed by atoms with Crippen LogP contribution in [0.3, 0.4) is 0 Å². The monoisotopic (exact) mass is 256 g/mol. The molecule has 0 aliphatic rings. The van der Waals surface area contributed by atoms with Crippen LogP contribution in [-0.4, -0.2) is 18.1 Å². The molecule has 2 N–H and O–H groups in total.